The molecular weight excluding hydrogens is 841 g/mol. The van der Waals surface area contributed by atoms with Crippen LogP contribution in [0.2, 0.25) is 0 Å². The summed E-state index contributed by atoms with van der Waals surface area (Å²) in [5, 5.41) is 0. The Balaban J connectivity index is 4.41. The minimum atomic E-state index is -0.789. The minimum Gasteiger partial charge on any atom is -0.462 e. The largest absolute Gasteiger partial charge is 0.462 e. The highest BCUT2D eigenvalue weighted by atomic mass is 16.6. The molecule has 0 amide bonds. The SMILES string of the molecule is CC/C=C\C/C=C\C/C=C\C/C=C\CCCCCCCCC(=O)OCC(COC(=O)CCCCCCCCC/C=C\C/C=C\CC)OC(=O)CCCCCCCCC/C=C\CCCCCCCC. The minimum absolute atomic E-state index is 0.0870. The molecule has 0 saturated heterocycles. The molecule has 0 N–H and O–H groups in total. The van der Waals surface area contributed by atoms with E-state index in [-0.39, 0.29) is 31.1 Å². The predicted molar refractivity (Wildman–Crippen MR) is 293 cm³/mol. The lowest BCUT2D eigenvalue weighted by molar-refractivity contribution is -0.167. The fourth-order valence-electron chi connectivity index (χ4n) is 7.88. The molecule has 0 spiro atoms. The van der Waals surface area contributed by atoms with Crippen molar-refractivity contribution in [1.82, 2.24) is 0 Å². The van der Waals surface area contributed by atoms with Crippen LogP contribution < -0.4 is 0 Å². The van der Waals surface area contributed by atoms with Gasteiger partial charge >= 0.3 is 17.9 Å². The zero-order valence-corrected chi connectivity index (χ0v) is 44.6. The van der Waals surface area contributed by atoms with Crippen LogP contribution >= 0.6 is 0 Å². The molecule has 1 atom stereocenters. The normalized spacial score (nSPS) is 12.7. The van der Waals surface area contributed by atoms with Crippen LogP contribution in [0.15, 0.2) is 85.1 Å². The summed E-state index contributed by atoms with van der Waals surface area (Å²) in [4.78, 5) is 38.2. The summed E-state index contributed by atoms with van der Waals surface area (Å²) in [6.45, 7) is 6.41. The number of rotatable bonds is 51. The Labute approximate surface area is 420 Å². The van der Waals surface area contributed by atoms with Gasteiger partial charge in [-0.3, -0.25) is 14.4 Å². The molecule has 0 radical (unpaired) electrons. The third-order valence-electron chi connectivity index (χ3n) is 12.1. The second-order valence-electron chi connectivity index (χ2n) is 18.8. The molecule has 390 valence electrons. The van der Waals surface area contributed by atoms with Crippen LogP contribution in [-0.4, -0.2) is 37.2 Å². The third kappa shape index (κ3) is 53.5. The fraction of sp³-hybridized carbons (Fsp3) is 0.726. The molecule has 1 unspecified atom stereocenters. The highest BCUT2D eigenvalue weighted by Crippen LogP contribution is 2.15. The maximum atomic E-state index is 12.9. The second kappa shape index (κ2) is 56.2. The Morgan fingerprint density at radius 2 is 0.574 bits per heavy atom. The molecule has 0 fully saturated rings. The van der Waals surface area contributed by atoms with Crippen molar-refractivity contribution in [3.8, 4) is 0 Å². The first kappa shape index (κ1) is 64.6. The van der Waals surface area contributed by atoms with Gasteiger partial charge in [-0.05, 0) is 109 Å². The average Bonchev–Trinajstić information content (AvgIpc) is 3.34. The Hall–Kier alpha value is -3.41. The summed E-state index contributed by atoms with van der Waals surface area (Å²) < 4.78 is 16.9. The average molecular weight is 948 g/mol. The molecule has 0 saturated carbocycles. The van der Waals surface area contributed by atoms with Crippen LogP contribution in [0.4, 0.5) is 0 Å². The van der Waals surface area contributed by atoms with Crippen molar-refractivity contribution in [2.45, 2.75) is 277 Å². The Bertz CT molecular complexity index is 1320. The number of carbonyl (C=O) groups is 3. The lowest BCUT2D eigenvalue weighted by atomic mass is 10.1. The van der Waals surface area contributed by atoms with Crippen molar-refractivity contribution >= 4 is 17.9 Å². The van der Waals surface area contributed by atoms with E-state index in [0.29, 0.717) is 19.3 Å². The molecule has 0 bridgehead atoms. The van der Waals surface area contributed by atoms with Crippen molar-refractivity contribution in [3.63, 3.8) is 0 Å². The summed E-state index contributed by atoms with van der Waals surface area (Å²) >= 11 is 0. The molecular formula is C62H106O6. The van der Waals surface area contributed by atoms with Gasteiger partial charge in [-0.1, -0.05) is 228 Å². The molecule has 0 aromatic rings. The van der Waals surface area contributed by atoms with Gasteiger partial charge in [0.05, 0.1) is 0 Å². The lowest BCUT2D eigenvalue weighted by Gasteiger charge is -2.18. The standard InChI is InChI=1S/C62H106O6/c1-4-7-10-13-16-19-22-25-28-30-31-33-34-37-40-43-46-49-52-55-61(64)67-58-59(57-66-60(63)54-51-48-45-42-39-36-27-24-21-18-15-12-9-6-3)68-62(65)56-53-50-47-44-41-38-35-32-29-26-23-20-17-14-11-8-5-2/h7,9-10,12,16,18-19,21,25-26,28-29,31,33,59H,4-6,8,11,13-15,17,20,22-24,27,30,32,34-58H2,1-3H3/b10-7-,12-9-,19-16-,21-18-,28-25-,29-26-,33-31-. The predicted octanol–water partition coefficient (Wildman–Crippen LogP) is 19.2. The van der Waals surface area contributed by atoms with Gasteiger partial charge in [0.2, 0.25) is 0 Å². The van der Waals surface area contributed by atoms with Crippen molar-refractivity contribution < 1.29 is 28.6 Å². The van der Waals surface area contributed by atoms with E-state index in [0.717, 1.165) is 109 Å². The van der Waals surface area contributed by atoms with Crippen molar-refractivity contribution in [3.05, 3.63) is 85.1 Å². The Morgan fingerprint density at radius 1 is 0.309 bits per heavy atom. The molecule has 6 nitrogen and oxygen atoms in total. The maximum absolute atomic E-state index is 12.9. The second-order valence-corrected chi connectivity index (χ2v) is 18.8. The van der Waals surface area contributed by atoms with E-state index in [1.165, 1.54) is 122 Å². The van der Waals surface area contributed by atoms with Gasteiger partial charge in [-0.2, -0.15) is 0 Å². The van der Waals surface area contributed by atoms with E-state index in [2.05, 4.69) is 106 Å². The molecule has 0 aromatic carbocycles. The molecule has 0 aromatic heterocycles. The van der Waals surface area contributed by atoms with Crippen molar-refractivity contribution in [2.75, 3.05) is 13.2 Å². The first-order chi connectivity index (χ1) is 33.5. The van der Waals surface area contributed by atoms with Crippen molar-refractivity contribution in [1.29, 1.82) is 0 Å². The Kier molecular flexibility index (Phi) is 53.4. The van der Waals surface area contributed by atoms with E-state index in [1.807, 2.05) is 0 Å². The summed E-state index contributed by atoms with van der Waals surface area (Å²) in [5.41, 5.74) is 0. The number of hydrogen-bond acceptors (Lipinski definition) is 6. The smallest absolute Gasteiger partial charge is 0.306 e. The number of ether oxygens (including phenoxy) is 3. The van der Waals surface area contributed by atoms with Gasteiger partial charge in [0.25, 0.3) is 0 Å². The number of hydrogen-bond donors (Lipinski definition) is 0. The third-order valence-corrected chi connectivity index (χ3v) is 12.1. The first-order valence-electron chi connectivity index (χ1n) is 28.6. The van der Waals surface area contributed by atoms with Gasteiger partial charge in [0, 0.05) is 19.3 Å². The fourth-order valence-corrected chi connectivity index (χ4v) is 7.88. The highest BCUT2D eigenvalue weighted by Gasteiger charge is 2.19. The molecule has 68 heavy (non-hydrogen) atoms. The van der Waals surface area contributed by atoms with E-state index in [9.17, 15) is 14.4 Å². The number of unbranched alkanes of at least 4 members (excludes halogenated alkanes) is 26. The number of esters is 3. The van der Waals surface area contributed by atoms with Crippen LogP contribution in [0, 0.1) is 0 Å². The maximum Gasteiger partial charge on any atom is 0.306 e. The molecule has 0 aliphatic heterocycles. The van der Waals surface area contributed by atoms with Gasteiger partial charge < -0.3 is 14.2 Å². The van der Waals surface area contributed by atoms with Gasteiger partial charge in [-0.25, -0.2) is 0 Å². The summed E-state index contributed by atoms with van der Waals surface area (Å²) in [7, 11) is 0. The molecule has 0 aliphatic carbocycles. The molecule has 0 heterocycles. The van der Waals surface area contributed by atoms with E-state index in [1.54, 1.807) is 0 Å². The van der Waals surface area contributed by atoms with E-state index in [4.69, 9.17) is 14.2 Å². The lowest BCUT2D eigenvalue weighted by Crippen LogP contribution is -2.30. The number of allylic oxidation sites excluding steroid dienone is 14. The van der Waals surface area contributed by atoms with Crippen LogP contribution in [-0.2, 0) is 28.6 Å². The molecule has 0 rings (SSSR count). The quantitative estimate of drug-likeness (QED) is 0.0262. The van der Waals surface area contributed by atoms with E-state index < -0.39 is 6.10 Å². The van der Waals surface area contributed by atoms with Gasteiger partial charge in [0.15, 0.2) is 6.10 Å². The van der Waals surface area contributed by atoms with Crippen LogP contribution in [0.3, 0.4) is 0 Å². The monoisotopic (exact) mass is 947 g/mol. The van der Waals surface area contributed by atoms with Crippen LogP contribution in [0.1, 0.15) is 271 Å². The zero-order valence-electron chi connectivity index (χ0n) is 44.6. The summed E-state index contributed by atoms with van der Waals surface area (Å²) in [6.07, 6.45) is 72.8. The van der Waals surface area contributed by atoms with Gasteiger partial charge in [0.1, 0.15) is 13.2 Å². The topological polar surface area (TPSA) is 78.9 Å². The molecule has 0 aliphatic rings. The highest BCUT2D eigenvalue weighted by molar-refractivity contribution is 5.71. The zero-order chi connectivity index (χ0) is 49.3. The summed E-state index contributed by atoms with van der Waals surface area (Å²) in [5.74, 6) is -0.908. The van der Waals surface area contributed by atoms with Gasteiger partial charge in [-0.15, -0.1) is 0 Å². The molecule has 6 heteroatoms. The van der Waals surface area contributed by atoms with Crippen molar-refractivity contribution in [2.24, 2.45) is 0 Å². The first-order valence-corrected chi connectivity index (χ1v) is 28.6. The Morgan fingerprint density at radius 3 is 0.912 bits per heavy atom. The van der Waals surface area contributed by atoms with E-state index >= 15 is 0 Å². The summed E-state index contributed by atoms with van der Waals surface area (Å²) in [6, 6.07) is 0. The number of carbonyl (C=O) groups excluding carboxylic acids is 3. The van der Waals surface area contributed by atoms with Crippen LogP contribution in [0.25, 0.3) is 0 Å². The van der Waals surface area contributed by atoms with Crippen LogP contribution in [0.5, 0.6) is 0 Å².